The van der Waals surface area contributed by atoms with Gasteiger partial charge in [0.25, 0.3) is 0 Å². The molecule has 0 saturated carbocycles. The molecule has 0 saturated heterocycles. The highest BCUT2D eigenvalue weighted by molar-refractivity contribution is 7.90. The standard InChI is InChI=1S/C13H15N3O2S/c1-14-13(11-7-15-9-16-8-11)10-4-3-5-12(6-10)19(2,17)18/h3-9,13-14H,1-2H3. The van der Waals surface area contributed by atoms with Gasteiger partial charge in [-0.2, -0.15) is 0 Å². The third-order valence-corrected chi connectivity index (χ3v) is 3.93. The zero-order valence-electron chi connectivity index (χ0n) is 10.7. The first-order chi connectivity index (χ1) is 9.02. The third-order valence-electron chi connectivity index (χ3n) is 2.82. The van der Waals surface area contributed by atoms with Crippen molar-refractivity contribution in [2.45, 2.75) is 10.9 Å². The molecule has 0 radical (unpaired) electrons. The fourth-order valence-electron chi connectivity index (χ4n) is 1.91. The molecule has 5 nitrogen and oxygen atoms in total. The van der Waals surface area contributed by atoms with Crippen LogP contribution in [0.25, 0.3) is 0 Å². The molecule has 2 rings (SSSR count). The predicted molar refractivity (Wildman–Crippen MR) is 72.5 cm³/mol. The summed E-state index contributed by atoms with van der Waals surface area (Å²) in [5.41, 5.74) is 1.75. The summed E-state index contributed by atoms with van der Waals surface area (Å²) in [6.07, 6.45) is 6.08. The number of hydrogen-bond acceptors (Lipinski definition) is 5. The Hall–Kier alpha value is -1.79. The molecule has 6 heteroatoms. The van der Waals surface area contributed by atoms with Gasteiger partial charge in [0, 0.05) is 24.2 Å². The van der Waals surface area contributed by atoms with E-state index in [1.807, 2.05) is 13.1 Å². The van der Waals surface area contributed by atoms with Gasteiger partial charge < -0.3 is 5.32 Å². The highest BCUT2D eigenvalue weighted by Gasteiger charge is 2.15. The topological polar surface area (TPSA) is 72.0 Å². The molecule has 1 heterocycles. The Kier molecular flexibility index (Phi) is 3.92. The van der Waals surface area contributed by atoms with Crippen molar-refractivity contribution >= 4 is 9.84 Å². The molecule has 0 aliphatic carbocycles. The van der Waals surface area contributed by atoms with Gasteiger partial charge in [-0.3, -0.25) is 0 Å². The Morgan fingerprint density at radius 2 is 1.84 bits per heavy atom. The van der Waals surface area contributed by atoms with E-state index in [0.717, 1.165) is 11.1 Å². The van der Waals surface area contributed by atoms with E-state index >= 15 is 0 Å². The maximum Gasteiger partial charge on any atom is 0.175 e. The Labute approximate surface area is 112 Å². The summed E-state index contributed by atoms with van der Waals surface area (Å²) < 4.78 is 23.2. The second kappa shape index (κ2) is 5.46. The number of aromatic nitrogens is 2. The van der Waals surface area contributed by atoms with Crippen LogP contribution in [0.5, 0.6) is 0 Å². The van der Waals surface area contributed by atoms with Crippen LogP contribution in [-0.2, 0) is 9.84 Å². The maximum absolute atomic E-state index is 11.6. The van der Waals surface area contributed by atoms with E-state index in [9.17, 15) is 8.42 Å². The van der Waals surface area contributed by atoms with Crippen LogP contribution >= 0.6 is 0 Å². The first-order valence-corrected chi connectivity index (χ1v) is 7.63. The van der Waals surface area contributed by atoms with Crippen LogP contribution in [0.1, 0.15) is 17.2 Å². The van der Waals surface area contributed by atoms with Crippen molar-refractivity contribution in [1.29, 1.82) is 0 Å². The van der Waals surface area contributed by atoms with E-state index in [0.29, 0.717) is 4.90 Å². The molecule has 0 fully saturated rings. The van der Waals surface area contributed by atoms with Gasteiger partial charge in [-0.1, -0.05) is 12.1 Å². The van der Waals surface area contributed by atoms with Crippen LogP contribution in [0.2, 0.25) is 0 Å². The minimum atomic E-state index is -3.21. The van der Waals surface area contributed by atoms with Gasteiger partial charge in [-0.15, -0.1) is 0 Å². The lowest BCUT2D eigenvalue weighted by atomic mass is 10.0. The van der Waals surface area contributed by atoms with Crippen molar-refractivity contribution in [3.63, 3.8) is 0 Å². The van der Waals surface area contributed by atoms with E-state index in [-0.39, 0.29) is 6.04 Å². The van der Waals surface area contributed by atoms with Crippen LogP contribution in [0, 0.1) is 0 Å². The maximum atomic E-state index is 11.6. The quantitative estimate of drug-likeness (QED) is 0.909. The molecule has 1 aromatic heterocycles. The summed E-state index contributed by atoms with van der Waals surface area (Å²) in [6, 6.07) is 6.74. The third kappa shape index (κ3) is 3.15. The smallest absolute Gasteiger partial charge is 0.175 e. The molecule has 0 spiro atoms. The van der Waals surface area contributed by atoms with Crippen LogP contribution in [-0.4, -0.2) is 31.7 Å². The fourth-order valence-corrected chi connectivity index (χ4v) is 2.59. The Bertz CT molecular complexity index is 657. The second-order valence-corrected chi connectivity index (χ2v) is 6.25. The van der Waals surface area contributed by atoms with Gasteiger partial charge in [0.15, 0.2) is 9.84 Å². The lowest BCUT2D eigenvalue weighted by molar-refractivity contribution is 0.601. The second-order valence-electron chi connectivity index (χ2n) is 4.24. The summed E-state index contributed by atoms with van der Waals surface area (Å²) >= 11 is 0. The van der Waals surface area contributed by atoms with E-state index in [1.54, 1.807) is 30.6 Å². The highest BCUT2D eigenvalue weighted by atomic mass is 32.2. The number of sulfone groups is 1. The highest BCUT2D eigenvalue weighted by Crippen LogP contribution is 2.22. The largest absolute Gasteiger partial charge is 0.309 e. The summed E-state index contributed by atoms with van der Waals surface area (Å²) in [7, 11) is -1.40. The van der Waals surface area contributed by atoms with Crippen LogP contribution in [0.3, 0.4) is 0 Å². The first kappa shape index (κ1) is 13.6. The molecule has 0 aliphatic heterocycles. The summed E-state index contributed by atoms with van der Waals surface area (Å²) in [4.78, 5) is 8.27. The van der Waals surface area contributed by atoms with E-state index in [2.05, 4.69) is 15.3 Å². The summed E-state index contributed by atoms with van der Waals surface area (Å²) in [5.74, 6) is 0. The van der Waals surface area contributed by atoms with Crippen LogP contribution in [0.15, 0.2) is 47.9 Å². The average Bonchev–Trinajstić information content (AvgIpc) is 2.40. The zero-order chi connectivity index (χ0) is 13.9. The number of nitrogens with one attached hydrogen (secondary N) is 1. The number of hydrogen-bond donors (Lipinski definition) is 1. The Morgan fingerprint density at radius 1 is 1.16 bits per heavy atom. The zero-order valence-corrected chi connectivity index (χ0v) is 11.6. The first-order valence-electron chi connectivity index (χ1n) is 5.74. The minimum absolute atomic E-state index is 0.136. The van der Waals surface area contributed by atoms with E-state index < -0.39 is 9.84 Å². The lowest BCUT2D eigenvalue weighted by Gasteiger charge is -2.16. The molecule has 1 atom stereocenters. The molecule has 0 bridgehead atoms. The number of rotatable bonds is 4. The van der Waals surface area contributed by atoms with Gasteiger partial charge in [0.2, 0.25) is 0 Å². The fraction of sp³-hybridized carbons (Fsp3) is 0.231. The van der Waals surface area contributed by atoms with Crippen molar-refractivity contribution in [3.8, 4) is 0 Å². The van der Waals surface area contributed by atoms with Crippen molar-refractivity contribution < 1.29 is 8.42 Å². The number of benzene rings is 1. The predicted octanol–water partition coefficient (Wildman–Crippen LogP) is 1.19. The van der Waals surface area contributed by atoms with Crippen molar-refractivity contribution in [2.75, 3.05) is 13.3 Å². The number of nitrogens with zero attached hydrogens (tertiary/aromatic N) is 2. The molecule has 2 aromatic rings. The summed E-state index contributed by atoms with van der Waals surface area (Å²) in [5, 5.41) is 3.14. The molecule has 0 aliphatic rings. The van der Waals surface area contributed by atoms with Gasteiger partial charge in [0.1, 0.15) is 6.33 Å². The lowest BCUT2D eigenvalue weighted by Crippen LogP contribution is -2.18. The Balaban J connectivity index is 2.45. The van der Waals surface area contributed by atoms with Gasteiger partial charge >= 0.3 is 0 Å². The van der Waals surface area contributed by atoms with E-state index in [4.69, 9.17) is 0 Å². The van der Waals surface area contributed by atoms with E-state index in [1.165, 1.54) is 12.6 Å². The molecule has 100 valence electrons. The van der Waals surface area contributed by atoms with Crippen molar-refractivity contribution in [2.24, 2.45) is 0 Å². The van der Waals surface area contributed by atoms with Crippen molar-refractivity contribution in [3.05, 3.63) is 54.1 Å². The average molecular weight is 277 g/mol. The monoisotopic (exact) mass is 277 g/mol. The molecule has 1 aromatic carbocycles. The molecule has 0 amide bonds. The van der Waals surface area contributed by atoms with Crippen LogP contribution in [0.4, 0.5) is 0 Å². The molecular formula is C13H15N3O2S. The molecule has 19 heavy (non-hydrogen) atoms. The molecule has 1 unspecified atom stereocenters. The molecular weight excluding hydrogens is 262 g/mol. The van der Waals surface area contributed by atoms with Crippen LogP contribution < -0.4 is 5.32 Å². The van der Waals surface area contributed by atoms with Gasteiger partial charge in [0.05, 0.1) is 10.9 Å². The minimum Gasteiger partial charge on any atom is -0.309 e. The van der Waals surface area contributed by atoms with Gasteiger partial charge in [-0.25, -0.2) is 18.4 Å². The Morgan fingerprint density at radius 3 is 2.42 bits per heavy atom. The van der Waals surface area contributed by atoms with Gasteiger partial charge in [-0.05, 0) is 24.7 Å². The summed E-state index contributed by atoms with van der Waals surface area (Å²) in [6.45, 7) is 0. The normalized spacial score (nSPS) is 13.2. The SMILES string of the molecule is CNC(c1cncnc1)c1cccc(S(C)(=O)=O)c1. The molecule has 1 N–H and O–H groups in total. The van der Waals surface area contributed by atoms with Crippen molar-refractivity contribution in [1.82, 2.24) is 15.3 Å².